The Kier molecular flexibility index (Phi) is 3.83. The maximum atomic E-state index is 13.2. The lowest BCUT2D eigenvalue weighted by Crippen LogP contribution is -2.40. The number of carbonyl (C=O) groups is 3. The normalized spacial score (nSPS) is 32.1. The summed E-state index contributed by atoms with van der Waals surface area (Å²) in [5, 5.41) is 2.95. The van der Waals surface area contributed by atoms with Crippen LogP contribution in [0.15, 0.2) is 54.6 Å². The first-order valence-electron chi connectivity index (χ1n) is 11.0. The van der Waals surface area contributed by atoms with E-state index >= 15 is 0 Å². The standard InChI is InChI=1S/C26H24N2O3/c1-13-3-4-14(2)21(11-13)27-24(29)15-5-7-16(8-6-15)28-25(30)22-17-9-10-18(20-12-19(17)20)23(22)26(28)31/h3-11,17-20,22-23H,12H2,1-2H3,(H,27,29)/t17-,18-,19-,20+,22+,23+/m0/s1. The Bertz CT molecular complexity index is 1130. The quantitative estimate of drug-likeness (QED) is 0.609. The molecule has 31 heavy (non-hydrogen) atoms. The molecule has 5 aliphatic rings. The van der Waals surface area contributed by atoms with Crippen molar-refractivity contribution < 1.29 is 14.4 Å². The van der Waals surface area contributed by atoms with Gasteiger partial charge in [0.25, 0.3) is 5.91 Å². The third-order valence-corrected chi connectivity index (χ3v) is 7.69. The minimum absolute atomic E-state index is 0.0766. The molecule has 156 valence electrons. The third kappa shape index (κ3) is 2.65. The molecule has 3 amide bonds. The molecule has 5 heteroatoms. The Labute approximate surface area is 181 Å². The zero-order valence-electron chi connectivity index (χ0n) is 17.5. The van der Waals surface area contributed by atoms with Crippen LogP contribution < -0.4 is 10.2 Å². The molecule has 0 spiro atoms. The van der Waals surface area contributed by atoms with Gasteiger partial charge in [0, 0.05) is 11.3 Å². The largest absolute Gasteiger partial charge is 0.322 e. The fraction of sp³-hybridized carbons (Fsp3) is 0.346. The van der Waals surface area contributed by atoms with Crippen LogP contribution >= 0.6 is 0 Å². The number of rotatable bonds is 3. The van der Waals surface area contributed by atoms with Crippen molar-refractivity contribution in [2.75, 3.05) is 10.2 Å². The summed E-state index contributed by atoms with van der Waals surface area (Å²) in [6.45, 7) is 3.94. The Balaban J connectivity index is 1.23. The zero-order chi connectivity index (χ0) is 21.4. The van der Waals surface area contributed by atoms with Crippen LogP contribution in [-0.4, -0.2) is 17.7 Å². The zero-order valence-corrected chi connectivity index (χ0v) is 17.5. The van der Waals surface area contributed by atoms with Crippen molar-refractivity contribution in [1.29, 1.82) is 0 Å². The molecule has 2 bridgehead atoms. The molecule has 2 saturated carbocycles. The summed E-state index contributed by atoms with van der Waals surface area (Å²) in [5.41, 5.74) is 3.90. The van der Waals surface area contributed by atoms with E-state index in [1.54, 1.807) is 24.3 Å². The van der Waals surface area contributed by atoms with Gasteiger partial charge in [0.05, 0.1) is 17.5 Å². The summed E-state index contributed by atoms with van der Waals surface area (Å²) in [4.78, 5) is 40.5. The number of anilines is 2. The van der Waals surface area contributed by atoms with Gasteiger partial charge in [0.1, 0.15) is 0 Å². The number of hydrogen-bond acceptors (Lipinski definition) is 3. The van der Waals surface area contributed by atoms with Crippen molar-refractivity contribution in [3.05, 3.63) is 71.3 Å². The molecule has 1 N–H and O–H groups in total. The molecule has 6 atom stereocenters. The number of nitrogens with zero attached hydrogens (tertiary/aromatic N) is 1. The first-order valence-corrected chi connectivity index (χ1v) is 11.0. The molecular formula is C26H24N2O3. The average molecular weight is 412 g/mol. The van der Waals surface area contributed by atoms with E-state index in [-0.39, 0.29) is 41.4 Å². The molecule has 1 heterocycles. The number of aryl methyl sites for hydroxylation is 2. The summed E-state index contributed by atoms with van der Waals surface area (Å²) in [6.07, 6.45) is 5.50. The molecule has 7 rings (SSSR count). The first-order chi connectivity index (χ1) is 14.9. The summed E-state index contributed by atoms with van der Waals surface area (Å²) in [7, 11) is 0. The van der Waals surface area contributed by atoms with Gasteiger partial charge in [0.2, 0.25) is 11.8 Å². The van der Waals surface area contributed by atoms with Gasteiger partial charge in [-0.15, -0.1) is 0 Å². The van der Waals surface area contributed by atoms with Gasteiger partial charge >= 0.3 is 0 Å². The maximum Gasteiger partial charge on any atom is 0.255 e. The SMILES string of the molecule is Cc1ccc(C)c(NC(=O)c2ccc(N3C(=O)[C@@H]4[C@H]5C=C[C@@H]([C@@H]6C[C@H]56)[C@H]4C3=O)cc2)c1. The van der Waals surface area contributed by atoms with Crippen molar-refractivity contribution in [3.63, 3.8) is 0 Å². The van der Waals surface area contributed by atoms with Crippen LogP contribution in [0.4, 0.5) is 11.4 Å². The second-order valence-electron chi connectivity index (χ2n) is 9.49. The smallest absolute Gasteiger partial charge is 0.255 e. The number of allylic oxidation sites excluding steroid dienone is 2. The summed E-state index contributed by atoms with van der Waals surface area (Å²) < 4.78 is 0. The van der Waals surface area contributed by atoms with Gasteiger partial charge in [-0.3, -0.25) is 19.3 Å². The fourth-order valence-electron chi connectivity index (χ4n) is 6.04. The van der Waals surface area contributed by atoms with Gasteiger partial charge in [-0.2, -0.15) is 0 Å². The highest BCUT2D eigenvalue weighted by molar-refractivity contribution is 6.22. The van der Waals surface area contributed by atoms with Crippen molar-refractivity contribution in [2.24, 2.45) is 35.5 Å². The lowest BCUT2D eigenvalue weighted by molar-refractivity contribution is -0.124. The third-order valence-electron chi connectivity index (χ3n) is 7.69. The molecule has 1 saturated heterocycles. The second kappa shape index (κ2) is 6.39. The highest BCUT2D eigenvalue weighted by Gasteiger charge is 2.67. The van der Waals surface area contributed by atoms with E-state index in [1.165, 1.54) is 4.90 Å². The van der Waals surface area contributed by atoms with E-state index in [2.05, 4.69) is 17.5 Å². The number of benzene rings is 2. The van der Waals surface area contributed by atoms with Crippen LogP contribution in [0.1, 0.15) is 27.9 Å². The summed E-state index contributed by atoms with van der Waals surface area (Å²) >= 11 is 0. The molecule has 4 aliphatic carbocycles. The van der Waals surface area contributed by atoms with Crippen molar-refractivity contribution in [2.45, 2.75) is 20.3 Å². The second-order valence-corrected chi connectivity index (χ2v) is 9.49. The Morgan fingerprint density at radius 1 is 0.903 bits per heavy atom. The molecule has 3 fully saturated rings. The topological polar surface area (TPSA) is 66.5 Å². The highest BCUT2D eigenvalue weighted by atomic mass is 16.2. The van der Waals surface area contributed by atoms with E-state index in [1.807, 2.05) is 32.0 Å². The lowest BCUT2D eigenvalue weighted by atomic mass is 9.63. The van der Waals surface area contributed by atoms with E-state index in [4.69, 9.17) is 0 Å². The van der Waals surface area contributed by atoms with Crippen LogP contribution in [0.3, 0.4) is 0 Å². The Hall–Kier alpha value is -3.21. The summed E-state index contributed by atoms with van der Waals surface area (Å²) in [5.74, 6) is 0.813. The molecular weight excluding hydrogens is 388 g/mol. The predicted octanol–water partition coefficient (Wildman–Crippen LogP) is 4.11. The summed E-state index contributed by atoms with van der Waals surface area (Å²) in [6, 6.07) is 12.7. The monoisotopic (exact) mass is 412 g/mol. The van der Waals surface area contributed by atoms with Gasteiger partial charge in [-0.1, -0.05) is 24.3 Å². The van der Waals surface area contributed by atoms with E-state index in [0.29, 0.717) is 23.1 Å². The van der Waals surface area contributed by atoms with Gasteiger partial charge in [0.15, 0.2) is 0 Å². The number of nitrogens with one attached hydrogen (secondary N) is 1. The molecule has 0 aromatic heterocycles. The number of hydrogen-bond donors (Lipinski definition) is 1. The highest BCUT2D eigenvalue weighted by Crippen LogP contribution is 2.65. The van der Waals surface area contributed by atoms with Gasteiger partial charge in [-0.25, -0.2) is 0 Å². The van der Waals surface area contributed by atoms with Crippen LogP contribution in [0.5, 0.6) is 0 Å². The molecule has 5 nitrogen and oxygen atoms in total. The lowest BCUT2D eigenvalue weighted by Gasteiger charge is -2.37. The number of carbonyl (C=O) groups excluding carboxylic acids is 3. The predicted molar refractivity (Wildman–Crippen MR) is 118 cm³/mol. The van der Waals surface area contributed by atoms with Crippen LogP contribution in [0.25, 0.3) is 0 Å². The van der Waals surface area contributed by atoms with E-state index < -0.39 is 0 Å². The van der Waals surface area contributed by atoms with Crippen LogP contribution in [0, 0.1) is 49.4 Å². The molecule has 1 aliphatic heterocycles. The van der Waals surface area contributed by atoms with Crippen LogP contribution in [0.2, 0.25) is 0 Å². The van der Waals surface area contributed by atoms with Crippen molar-refractivity contribution in [3.8, 4) is 0 Å². The average Bonchev–Trinajstić information content (AvgIpc) is 3.54. The molecule has 2 aromatic carbocycles. The van der Waals surface area contributed by atoms with Crippen LogP contribution in [-0.2, 0) is 9.59 Å². The molecule has 0 radical (unpaired) electrons. The maximum absolute atomic E-state index is 13.2. The van der Waals surface area contributed by atoms with Crippen molar-refractivity contribution in [1.82, 2.24) is 0 Å². The van der Waals surface area contributed by atoms with Crippen molar-refractivity contribution >= 4 is 29.1 Å². The number of amides is 3. The molecule has 0 unspecified atom stereocenters. The Morgan fingerprint density at radius 3 is 2.13 bits per heavy atom. The van der Waals surface area contributed by atoms with E-state index in [9.17, 15) is 14.4 Å². The van der Waals surface area contributed by atoms with Gasteiger partial charge < -0.3 is 5.32 Å². The first kappa shape index (κ1) is 18.6. The minimum atomic E-state index is -0.213. The fourth-order valence-corrected chi connectivity index (χ4v) is 6.04. The molecule has 2 aromatic rings. The number of imide groups is 1. The Morgan fingerprint density at radius 2 is 1.52 bits per heavy atom. The van der Waals surface area contributed by atoms with Gasteiger partial charge in [-0.05, 0) is 85.4 Å². The van der Waals surface area contributed by atoms with E-state index in [0.717, 1.165) is 23.2 Å². The minimum Gasteiger partial charge on any atom is -0.322 e.